The van der Waals surface area contributed by atoms with Gasteiger partial charge in [0.25, 0.3) is 0 Å². The maximum absolute atomic E-state index is 5.49. The zero-order valence-corrected chi connectivity index (χ0v) is 14.8. The molecule has 122 valence electrons. The molecule has 0 amide bonds. The van der Waals surface area contributed by atoms with E-state index in [4.69, 9.17) is 9.47 Å². The Bertz CT molecular complexity index is 754. The van der Waals surface area contributed by atoms with Gasteiger partial charge in [0.1, 0.15) is 16.6 Å². The molecular formula is C21H21O2S+. The fourth-order valence-electron chi connectivity index (χ4n) is 2.47. The van der Waals surface area contributed by atoms with Gasteiger partial charge in [-0.15, -0.1) is 0 Å². The first-order valence-electron chi connectivity index (χ1n) is 8.01. The van der Waals surface area contributed by atoms with Gasteiger partial charge in [0.05, 0.1) is 0 Å². The van der Waals surface area contributed by atoms with Crippen molar-refractivity contribution >= 4 is 10.9 Å². The van der Waals surface area contributed by atoms with Gasteiger partial charge in [0.15, 0.2) is 16.6 Å². The molecule has 0 spiro atoms. The second-order valence-electron chi connectivity index (χ2n) is 5.62. The molecule has 2 atom stereocenters. The minimum absolute atomic E-state index is 0.166. The SMILES string of the molecule is COCOc1ccc([S+](C2=CCC(C)C#C2)c2ccccc2)cc1. The Kier molecular flexibility index (Phi) is 5.63. The van der Waals surface area contributed by atoms with E-state index in [9.17, 15) is 0 Å². The zero-order valence-electron chi connectivity index (χ0n) is 14.0. The topological polar surface area (TPSA) is 18.5 Å². The molecule has 3 rings (SSSR count). The van der Waals surface area contributed by atoms with Crippen molar-refractivity contribution in [2.45, 2.75) is 23.1 Å². The van der Waals surface area contributed by atoms with Crippen molar-refractivity contribution in [1.82, 2.24) is 0 Å². The predicted molar refractivity (Wildman–Crippen MR) is 98.9 cm³/mol. The highest BCUT2D eigenvalue weighted by Gasteiger charge is 2.31. The molecule has 0 N–H and O–H groups in total. The molecule has 0 saturated heterocycles. The molecule has 0 fully saturated rings. The van der Waals surface area contributed by atoms with Gasteiger partial charge in [-0.2, -0.15) is 0 Å². The van der Waals surface area contributed by atoms with Crippen LogP contribution in [0.4, 0.5) is 0 Å². The van der Waals surface area contributed by atoms with Crippen molar-refractivity contribution in [1.29, 1.82) is 0 Å². The average molecular weight is 337 g/mol. The fraction of sp³-hybridized carbons (Fsp3) is 0.238. The van der Waals surface area contributed by atoms with Crippen molar-refractivity contribution in [3.8, 4) is 17.6 Å². The third-order valence-electron chi connectivity index (χ3n) is 3.70. The maximum atomic E-state index is 5.49. The summed E-state index contributed by atoms with van der Waals surface area (Å²) >= 11 is 0. The molecule has 3 heteroatoms. The van der Waals surface area contributed by atoms with Crippen LogP contribution < -0.4 is 4.74 Å². The number of hydrogen-bond donors (Lipinski definition) is 0. The fourth-order valence-corrected chi connectivity index (χ4v) is 4.51. The Morgan fingerprint density at radius 1 is 1.04 bits per heavy atom. The Morgan fingerprint density at radius 3 is 2.38 bits per heavy atom. The number of methoxy groups -OCH3 is 1. The molecule has 0 radical (unpaired) electrons. The van der Waals surface area contributed by atoms with Gasteiger partial charge in [0, 0.05) is 13.0 Å². The highest BCUT2D eigenvalue weighted by molar-refractivity contribution is 8.01. The third kappa shape index (κ3) is 4.03. The van der Waals surface area contributed by atoms with Crippen molar-refractivity contribution in [2.24, 2.45) is 5.92 Å². The largest absolute Gasteiger partial charge is 0.468 e. The van der Waals surface area contributed by atoms with Crippen LogP contribution in [0, 0.1) is 17.8 Å². The summed E-state index contributed by atoms with van der Waals surface area (Å²) in [5, 5.41) is 0. The Hall–Kier alpha value is -2.15. The lowest BCUT2D eigenvalue weighted by molar-refractivity contribution is 0.0511. The monoisotopic (exact) mass is 337 g/mol. The van der Waals surface area contributed by atoms with Crippen molar-refractivity contribution in [3.63, 3.8) is 0 Å². The molecule has 0 saturated carbocycles. The predicted octanol–water partition coefficient (Wildman–Crippen LogP) is 4.63. The number of benzene rings is 2. The van der Waals surface area contributed by atoms with Crippen LogP contribution in [0.3, 0.4) is 0 Å². The molecule has 0 bridgehead atoms. The second-order valence-corrected chi connectivity index (χ2v) is 7.61. The van der Waals surface area contributed by atoms with E-state index in [0.717, 1.165) is 12.2 Å². The van der Waals surface area contributed by atoms with Crippen molar-refractivity contribution < 1.29 is 9.47 Å². The summed E-state index contributed by atoms with van der Waals surface area (Å²) < 4.78 is 10.4. The van der Waals surface area contributed by atoms with Crippen LogP contribution in [0.25, 0.3) is 0 Å². The summed E-state index contributed by atoms with van der Waals surface area (Å²) in [6.45, 7) is 2.43. The van der Waals surface area contributed by atoms with E-state index in [1.807, 2.05) is 12.1 Å². The number of allylic oxidation sites excluding steroid dienone is 2. The summed E-state index contributed by atoms with van der Waals surface area (Å²) in [6, 6.07) is 18.8. The average Bonchev–Trinajstić information content (AvgIpc) is 2.64. The molecule has 2 aromatic rings. The lowest BCUT2D eigenvalue weighted by atomic mass is 10.1. The van der Waals surface area contributed by atoms with Crippen LogP contribution in [0.5, 0.6) is 5.75 Å². The van der Waals surface area contributed by atoms with Gasteiger partial charge in [-0.05, 0) is 54.8 Å². The quantitative estimate of drug-likeness (QED) is 0.434. The number of rotatable bonds is 6. The van der Waals surface area contributed by atoms with E-state index >= 15 is 0 Å². The lowest BCUT2D eigenvalue weighted by Gasteiger charge is -2.11. The summed E-state index contributed by atoms with van der Waals surface area (Å²) in [5.41, 5.74) is 0. The summed E-state index contributed by atoms with van der Waals surface area (Å²) in [6.07, 6.45) is 3.32. The lowest BCUT2D eigenvalue weighted by Crippen LogP contribution is -2.09. The number of ether oxygens (including phenoxy) is 2. The van der Waals surface area contributed by atoms with Gasteiger partial charge in [-0.25, -0.2) is 0 Å². The minimum Gasteiger partial charge on any atom is -0.468 e. The molecule has 2 nitrogen and oxygen atoms in total. The second kappa shape index (κ2) is 8.10. The van der Waals surface area contributed by atoms with Crippen LogP contribution in [0.15, 0.2) is 75.4 Å². The molecule has 0 heterocycles. The van der Waals surface area contributed by atoms with Crippen LogP contribution in [0.1, 0.15) is 13.3 Å². The van der Waals surface area contributed by atoms with Gasteiger partial charge >= 0.3 is 0 Å². The van der Waals surface area contributed by atoms with Crippen LogP contribution >= 0.6 is 0 Å². The molecule has 0 aromatic heterocycles. The molecule has 2 aromatic carbocycles. The van der Waals surface area contributed by atoms with E-state index in [0.29, 0.717) is 5.92 Å². The van der Waals surface area contributed by atoms with E-state index in [-0.39, 0.29) is 17.7 Å². The Morgan fingerprint density at radius 2 is 1.75 bits per heavy atom. The van der Waals surface area contributed by atoms with Gasteiger partial charge < -0.3 is 9.47 Å². The van der Waals surface area contributed by atoms with E-state index < -0.39 is 0 Å². The molecule has 24 heavy (non-hydrogen) atoms. The van der Waals surface area contributed by atoms with E-state index in [1.165, 1.54) is 14.7 Å². The van der Waals surface area contributed by atoms with Gasteiger partial charge in [-0.1, -0.05) is 31.0 Å². The summed E-state index contributed by atoms with van der Waals surface area (Å²) in [4.78, 5) is 3.75. The molecule has 1 aliphatic rings. The minimum atomic E-state index is -0.166. The molecule has 2 unspecified atom stereocenters. The zero-order chi connectivity index (χ0) is 16.8. The van der Waals surface area contributed by atoms with Crippen LogP contribution in [-0.4, -0.2) is 13.9 Å². The van der Waals surface area contributed by atoms with E-state index in [2.05, 4.69) is 67.3 Å². The normalized spacial score (nSPS) is 17.4. The summed E-state index contributed by atoms with van der Waals surface area (Å²) in [5.74, 6) is 7.98. The first-order chi connectivity index (χ1) is 11.8. The maximum Gasteiger partial charge on any atom is 0.212 e. The molecular weight excluding hydrogens is 316 g/mol. The molecule has 0 aliphatic heterocycles. The van der Waals surface area contributed by atoms with Crippen LogP contribution in [0.2, 0.25) is 0 Å². The number of hydrogen-bond acceptors (Lipinski definition) is 2. The third-order valence-corrected chi connectivity index (χ3v) is 5.90. The van der Waals surface area contributed by atoms with Crippen molar-refractivity contribution in [3.05, 3.63) is 65.6 Å². The van der Waals surface area contributed by atoms with Crippen molar-refractivity contribution in [2.75, 3.05) is 13.9 Å². The Labute approximate surface area is 146 Å². The first kappa shape index (κ1) is 16.7. The van der Waals surface area contributed by atoms with Crippen LogP contribution in [-0.2, 0) is 15.6 Å². The van der Waals surface area contributed by atoms with Gasteiger partial charge in [-0.3, -0.25) is 0 Å². The Balaban J connectivity index is 1.93. The van der Waals surface area contributed by atoms with E-state index in [1.54, 1.807) is 7.11 Å². The van der Waals surface area contributed by atoms with Gasteiger partial charge in [0.2, 0.25) is 4.91 Å². The first-order valence-corrected chi connectivity index (χ1v) is 9.23. The molecule has 1 aliphatic carbocycles. The highest BCUT2D eigenvalue weighted by atomic mass is 32.2. The summed E-state index contributed by atoms with van der Waals surface area (Å²) in [7, 11) is 1.46. The standard InChI is InChI=1S/C21H21O2S/c1-17-8-12-20(13-9-17)24(19-6-4-3-5-7-19)21-14-10-18(11-15-21)23-16-22-2/h3-7,10-12,14-15,17H,8,16H2,1-2H3/q+1. The smallest absolute Gasteiger partial charge is 0.212 e. The highest BCUT2D eigenvalue weighted by Crippen LogP contribution is 2.32.